The van der Waals surface area contributed by atoms with Crippen molar-refractivity contribution >= 4 is 10.0 Å². The summed E-state index contributed by atoms with van der Waals surface area (Å²) in [6, 6.07) is 3.40. The molecule has 0 radical (unpaired) electrons. The highest BCUT2D eigenvalue weighted by atomic mass is 32.2. The van der Waals surface area contributed by atoms with E-state index in [0.717, 1.165) is 6.42 Å². The molecule has 0 aromatic heterocycles. The SMILES string of the molecule is COc1cc(C)c(S(=O)(=O)NC2(CO)CCC2)c(C)c1. The summed E-state index contributed by atoms with van der Waals surface area (Å²) in [4.78, 5) is 0.276. The van der Waals surface area contributed by atoms with E-state index in [1.54, 1.807) is 33.1 Å². The van der Waals surface area contributed by atoms with Crippen LogP contribution in [-0.2, 0) is 10.0 Å². The number of nitrogens with one attached hydrogen (secondary N) is 1. The first-order valence-corrected chi connectivity index (χ1v) is 8.12. The Morgan fingerprint density at radius 2 is 1.85 bits per heavy atom. The van der Waals surface area contributed by atoms with Crippen molar-refractivity contribution in [2.45, 2.75) is 43.5 Å². The molecule has 6 heteroatoms. The third kappa shape index (κ3) is 2.68. The molecule has 20 heavy (non-hydrogen) atoms. The van der Waals surface area contributed by atoms with Crippen LogP contribution in [0.1, 0.15) is 30.4 Å². The van der Waals surface area contributed by atoms with Gasteiger partial charge in [0.05, 0.1) is 24.2 Å². The Morgan fingerprint density at radius 3 is 2.20 bits per heavy atom. The molecular formula is C14H21NO4S. The molecule has 1 fully saturated rings. The molecule has 0 amide bonds. The first kappa shape index (κ1) is 15.3. The zero-order valence-electron chi connectivity index (χ0n) is 12.1. The molecule has 0 heterocycles. The van der Waals surface area contributed by atoms with E-state index in [2.05, 4.69) is 4.72 Å². The van der Waals surface area contributed by atoms with Crippen molar-refractivity contribution in [1.29, 1.82) is 0 Å². The molecule has 0 atom stereocenters. The molecule has 5 nitrogen and oxygen atoms in total. The number of aliphatic hydroxyl groups is 1. The van der Waals surface area contributed by atoms with Gasteiger partial charge in [-0.3, -0.25) is 0 Å². The number of benzene rings is 1. The molecule has 0 saturated heterocycles. The average molecular weight is 299 g/mol. The zero-order chi connectivity index (χ0) is 15.0. The minimum absolute atomic E-state index is 0.166. The Balaban J connectivity index is 2.39. The van der Waals surface area contributed by atoms with Crippen molar-refractivity contribution in [2.24, 2.45) is 0 Å². The quantitative estimate of drug-likeness (QED) is 0.864. The van der Waals surface area contributed by atoms with Gasteiger partial charge in [0, 0.05) is 0 Å². The highest BCUT2D eigenvalue weighted by molar-refractivity contribution is 7.89. The summed E-state index contributed by atoms with van der Waals surface area (Å²) in [5, 5.41) is 9.42. The molecule has 0 spiro atoms. The summed E-state index contributed by atoms with van der Waals surface area (Å²) in [6.45, 7) is 3.33. The Kier molecular flexibility index (Phi) is 4.09. The minimum atomic E-state index is -3.64. The van der Waals surface area contributed by atoms with Crippen molar-refractivity contribution in [1.82, 2.24) is 4.72 Å². The second kappa shape index (κ2) is 5.35. The molecule has 0 unspecified atom stereocenters. The van der Waals surface area contributed by atoms with Crippen molar-refractivity contribution < 1.29 is 18.3 Å². The topological polar surface area (TPSA) is 75.6 Å². The van der Waals surface area contributed by atoms with Gasteiger partial charge in [-0.05, 0) is 56.4 Å². The van der Waals surface area contributed by atoms with Crippen LogP contribution in [0.5, 0.6) is 5.75 Å². The summed E-state index contributed by atoms with van der Waals surface area (Å²) in [6.07, 6.45) is 2.29. The molecule has 112 valence electrons. The summed E-state index contributed by atoms with van der Waals surface area (Å²) in [5.74, 6) is 0.638. The molecular weight excluding hydrogens is 278 g/mol. The molecule has 1 aliphatic carbocycles. The Bertz CT molecular complexity index is 577. The van der Waals surface area contributed by atoms with Gasteiger partial charge in [0.1, 0.15) is 5.75 Å². The standard InChI is InChI=1S/C14H21NO4S/c1-10-7-12(19-3)8-11(2)13(10)20(17,18)15-14(9-16)5-4-6-14/h7-8,15-16H,4-6,9H2,1-3H3. The van der Waals surface area contributed by atoms with Crippen LogP contribution in [0, 0.1) is 13.8 Å². The third-order valence-electron chi connectivity index (χ3n) is 3.90. The van der Waals surface area contributed by atoms with E-state index in [-0.39, 0.29) is 11.5 Å². The summed E-state index contributed by atoms with van der Waals surface area (Å²) >= 11 is 0. The lowest BCUT2D eigenvalue weighted by atomic mass is 9.78. The van der Waals surface area contributed by atoms with E-state index >= 15 is 0 Å². The lowest BCUT2D eigenvalue weighted by Gasteiger charge is -2.40. The molecule has 0 bridgehead atoms. The summed E-state index contributed by atoms with van der Waals surface area (Å²) < 4.78 is 33.0. The summed E-state index contributed by atoms with van der Waals surface area (Å²) in [5.41, 5.74) is 0.598. The first-order chi connectivity index (χ1) is 9.33. The van der Waals surface area contributed by atoms with Gasteiger partial charge in [-0.15, -0.1) is 0 Å². The number of hydrogen-bond acceptors (Lipinski definition) is 4. The Morgan fingerprint density at radius 1 is 1.30 bits per heavy atom. The van der Waals surface area contributed by atoms with Crippen LogP contribution in [0.15, 0.2) is 17.0 Å². The van der Waals surface area contributed by atoms with Crippen molar-refractivity contribution in [2.75, 3.05) is 13.7 Å². The third-order valence-corrected chi connectivity index (χ3v) is 5.79. The number of aryl methyl sites for hydroxylation is 2. The molecule has 2 rings (SSSR count). The van der Waals surface area contributed by atoms with Crippen LogP contribution in [0.4, 0.5) is 0 Å². The number of hydrogen-bond donors (Lipinski definition) is 2. The molecule has 1 aliphatic rings. The average Bonchev–Trinajstić information content (AvgIpc) is 2.32. The van der Waals surface area contributed by atoms with Gasteiger partial charge < -0.3 is 9.84 Å². The normalized spacial score (nSPS) is 17.6. The van der Waals surface area contributed by atoms with Crippen LogP contribution in [0.3, 0.4) is 0 Å². The fourth-order valence-electron chi connectivity index (χ4n) is 2.68. The van der Waals surface area contributed by atoms with Crippen molar-refractivity contribution in [3.8, 4) is 5.75 Å². The maximum atomic E-state index is 12.6. The largest absolute Gasteiger partial charge is 0.497 e. The predicted octanol–water partition coefficient (Wildman–Crippen LogP) is 1.51. The number of sulfonamides is 1. The van der Waals surface area contributed by atoms with Crippen LogP contribution >= 0.6 is 0 Å². The van der Waals surface area contributed by atoms with Gasteiger partial charge in [-0.25, -0.2) is 13.1 Å². The van der Waals surface area contributed by atoms with E-state index in [9.17, 15) is 13.5 Å². The Hall–Kier alpha value is -1.11. The molecule has 2 N–H and O–H groups in total. The fourth-order valence-corrected chi connectivity index (χ4v) is 4.59. The van der Waals surface area contributed by atoms with E-state index in [4.69, 9.17) is 4.74 Å². The highest BCUT2D eigenvalue weighted by Gasteiger charge is 2.40. The fraction of sp³-hybridized carbons (Fsp3) is 0.571. The lowest BCUT2D eigenvalue weighted by Crippen LogP contribution is -2.56. The van der Waals surface area contributed by atoms with Gasteiger partial charge in [-0.1, -0.05) is 0 Å². The lowest BCUT2D eigenvalue weighted by molar-refractivity contribution is 0.110. The zero-order valence-corrected chi connectivity index (χ0v) is 12.9. The van der Waals surface area contributed by atoms with Crippen molar-refractivity contribution in [3.63, 3.8) is 0 Å². The van der Waals surface area contributed by atoms with Gasteiger partial charge in [0.25, 0.3) is 0 Å². The van der Waals surface area contributed by atoms with E-state index in [1.807, 2.05) is 0 Å². The first-order valence-electron chi connectivity index (χ1n) is 6.64. The van der Waals surface area contributed by atoms with E-state index in [0.29, 0.717) is 29.7 Å². The predicted molar refractivity (Wildman–Crippen MR) is 76.5 cm³/mol. The van der Waals surface area contributed by atoms with Crippen LogP contribution in [0.2, 0.25) is 0 Å². The molecule has 1 aromatic carbocycles. The second-order valence-electron chi connectivity index (χ2n) is 5.49. The van der Waals surface area contributed by atoms with Gasteiger partial charge in [0.2, 0.25) is 10.0 Å². The Labute approximate surface area is 120 Å². The summed E-state index contributed by atoms with van der Waals surface area (Å²) in [7, 11) is -2.09. The number of ether oxygens (including phenoxy) is 1. The van der Waals surface area contributed by atoms with E-state index < -0.39 is 15.6 Å². The van der Waals surface area contributed by atoms with Crippen LogP contribution in [-0.4, -0.2) is 32.8 Å². The van der Waals surface area contributed by atoms with Gasteiger partial charge in [0.15, 0.2) is 0 Å². The molecule has 0 aliphatic heterocycles. The number of aliphatic hydroxyl groups excluding tert-OH is 1. The van der Waals surface area contributed by atoms with Gasteiger partial charge >= 0.3 is 0 Å². The second-order valence-corrected chi connectivity index (χ2v) is 7.11. The molecule has 1 aromatic rings. The van der Waals surface area contributed by atoms with Gasteiger partial charge in [-0.2, -0.15) is 0 Å². The maximum absolute atomic E-state index is 12.6. The highest BCUT2D eigenvalue weighted by Crippen LogP contribution is 2.34. The van der Waals surface area contributed by atoms with Crippen molar-refractivity contribution in [3.05, 3.63) is 23.3 Å². The van der Waals surface area contributed by atoms with Crippen LogP contribution < -0.4 is 9.46 Å². The minimum Gasteiger partial charge on any atom is -0.497 e. The molecule has 1 saturated carbocycles. The monoisotopic (exact) mass is 299 g/mol. The number of methoxy groups -OCH3 is 1. The van der Waals surface area contributed by atoms with E-state index in [1.165, 1.54) is 0 Å². The van der Waals surface area contributed by atoms with Crippen LogP contribution in [0.25, 0.3) is 0 Å². The smallest absolute Gasteiger partial charge is 0.241 e. The maximum Gasteiger partial charge on any atom is 0.241 e. The number of rotatable bonds is 5.